The van der Waals surface area contributed by atoms with Crippen molar-refractivity contribution in [3.05, 3.63) is 40.5 Å². The molecule has 4 nitrogen and oxygen atoms in total. The van der Waals surface area contributed by atoms with Crippen LogP contribution in [0.1, 0.15) is 25.0 Å². The van der Waals surface area contributed by atoms with E-state index in [0.717, 1.165) is 17.7 Å². The van der Waals surface area contributed by atoms with E-state index in [-0.39, 0.29) is 5.60 Å². The van der Waals surface area contributed by atoms with Gasteiger partial charge in [-0.2, -0.15) is 5.10 Å². The van der Waals surface area contributed by atoms with Crippen LogP contribution in [0.15, 0.2) is 24.4 Å². The number of hydrogen-bond donors (Lipinski definition) is 1. The average molecular weight is 278 g/mol. The molecule has 0 fully saturated rings. The van der Waals surface area contributed by atoms with Crippen molar-refractivity contribution in [3.63, 3.8) is 0 Å². The molecule has 19 heavy (non-hydrogen) atoms. The van der Waals surface area contributed by atoms with Crippen LogP contribution in [-0.2, 0) is 13.0 Å². The molecule has 3 rings (SSSR count). The van der Waals surface area contributed by atoms with Gasteiger partial charge in [-0.3, -0.25) is 0 Å². The predicted molar refractivity (Wildman–Crippen MR) is 75.6 cm³/mol. The van der Waals surface area contributed by atoms with Gasteiger partial charge >= 0.3 is 0 Å². The van der Waals surface area contributed by atoms with Gasteiger partial charge < -0.3 is 10.5 Å². The molecule has 0 saturated carbocycles. The third-order valence-electron chi connectivity index (χ3n) is 3.33. The Balaban J connectivity index is 1.96. The SMILES string of the molecule is CC1(C)Cc2cccc(Cn3ncc(Cl)c3N)c2O1. The summed E-state index contributed by atoms with van der Waals surface area (Å²) in [7, 11) is 0. The second-order valence-electron chi connectivity index (χ2n) is 5.48. The number of ether oxygens (including phenoxy) is 1. The number of nitrogens with zero attached hydrogens (tertiary/aromatic N) is 2. The zero-order valence-corrected chi connectivity index (χ0v) is 11.7. The summed E-state index contributed by atoms with van der Waals surface area (Å²) in [6.07, 6.45) is 2.48. The first kappa shape index (κ1) is 12.4. The summed E-state index contributed by atoms with van der Waals surface area (Å²) < 4.78 is 7.72. The van der Waals surface area contributed by atoms with Gasteiger partial charge in [-0.25, -0.2) is 4.68 Å². The van der Waals surface area contributed by atoms with Gasteiger partial charge in [-0.05, 0) is 19.4 Å². The highest BCUT2D eigenvalue weighted by Gasteiger charge is 2.31. The van der Waals surface area contributed by atoms with E-state index in [1.54, 1.807) is 10.9 Å². The van der Waals surface area contributed by atoms with Crippen LogP contribution < -0.4 is 10.5 Å². The van der Waals surface area contributed by atoms with E-state index in [4.69, 9.17) is 22.1 Å². The Morgan fingerprint density at radius 3 is 2.95 bits per heavy atom. The van der Waals surface area contributed by atoms with Crippen molar-refractivity contribution in [1.29, 1.82) is 0 Å². The summed E-state index contributed by atoms with van der Waals surface area (Å²) in [6, 6.07) is 6.18. The molecule has 1 aromatic heterocycles. The maximum absolute atomic E-state index is 6.03. The quantitative estimate of drug-likeness (QED) is 0.918. The Morgan fingerprint density at radius 1 is 1.47 bits per heavy atom. The van der Waals surface area contributed by atoms with Gasteiger partial charge in [0, 0.05) is 12.0 Å². The molecule has 1 aliphatic rings. The van der Waals surface area contributed by atoms with Crippen LogP contribution in [0, 0.1) is 0 Å². The van der Waals surface area contributed by atoms with Crippen LogP contribution in [0.3, 0.4) is 0 Å². The van der Waals surface area contributed by atoms with Crippen LogP contribution >= 0.6 is 11.6 Å². The van der Waals surface area contributed by atoms with Crippen LogP contribution in [0.2, 0.25) is 5.02 Å². The lowest BCUT2D eigenvalue weighted by Gasteiger charge is -2.18. The molecule has 0 radical (unpaired) electrons. The number of para-hydroxylation sites is 1. The molecular weight excluding hydrogens is 262 g/mol. The summed E-state index contributed by atoms with van der Waals surface area (Å²) in [4.78, 5) is 0. The van der Waals surface area contributed by atoms with E-state index < -0.39 is 0 Å². The summed E-state index contributed by atoms with van der Waals surface area (Å²) in [6.45, 7) is 4.75. The summed E-state index contributed by atoms with van der Waals surface area (Å²) in [5.41, 5.74) is 8.04. The van der Waals surface area contributed by atoms with Gasteiger partial charge in [0.25, 0.3) is 0 Å². The minimum absolute atomic E-state index is 0.147. The molecule has 1 aromatic carbocycles. The zero-order chi connectivity index (χ0) is 13.6. The maximum Gasteiger partial charge on any atom is 0.140 e. The smallest absolute Gasteiger partial charge is 0.140 e. The molecule has 0 amide bonds. The number of halogens is 1. The highest BCUT2D eigenvalue weighted by molar-refractivity contribution is 6.32. The topological polar surface area (TPSA) is 53.1 Å². The Hall–Kier alpha value is -1.68. The summed E-state index contributed by atoms with van der Waals surface area (Å²) >= 11 is 5.92. The van der Waals surface area contributed by atoms with Crippen molar-refractivity contribution >= 4 is 17.4 Å². The largest absolute Gasteiger partial charge is 0.487 e. The third-order valence-corrected chi connectivity index (χ3v) is 3.62. The first-order valence-electron chi connectivity index (χ1n) is 6.23. The van der Waals surface area contributed by atoms with Crippen LogP contribution in [0.5, 0.6) is 5.75 Å². The molecule has 2 aromatic rings. The van der Waals surface area contributed by atoms with Crippen molar-refractivity contribution in [2.24, 2.45) is 0 Å². The number of nitrogen functional groups attached to an aromatic ring is 1. The zero-order valence-electron chi connectivity index (χ0n) is 11.0. The van der Waals surface area contributed by atoms with E-state index in [1.807, 2.05) is 12.1 Å². The average Bonchev–Trinajstić information content (AvgIpc) is 2.82. The number of nitrogens with two attached hydrogens (primary N) is 1. The lowest BCUT2D eigenvalue weighted by Crippen LogP contribution is -2.25. The van der Waals surface area contributed by atoms with Crippen molar-refractivity contribution in [1.82, 2.24) is 9.78 Å². The van der Waals surface area contributed by atoms with E-state index >= 15 is 0 Å². The molecule has 2 N–H and O–H groups in total. The second kappa shape index (κ2) is 4.17. The van der Waals surface area contributed by atoms with E-state index in [0.29, 0.717) is 17.4 Å². The Kier molecular flexibility index (Phi) is 2.71. The van der Waals surface area contributed by atoms with Gasteiger partial charge in [0.15, 0.2) is 0 Å². The molecule has 100 valence electrons. The molecule has 1 aliphatic heterocycles. The van der Waals surface area contributed by atoms with E-state index in [1.165, 1.54) is 5.56 Å². The summed E-state index contributed by atoms with van der Waals surface area (Å²) in [5, 5.41) is 4.66. The molecular formula is C14H16ClN3O. The number of hydrogen-bond acceptors (Lipinski definition) is 3. The Morgan fingerprint density at radius 2 is 2.26 bits per heavy atom. The Bertz CT molecular complexity index is 634. The Labute approximate surface area is 117 Å². The van der Waals surface area contributed by atoms with Gasteiger partial charge in [0.2, 0.25) is 0 Å². The highest BCUT2D eigenvalue weighted by atomic mass is 35.5. The lowest BCUT2D eigenvalue weighted by atomic mass is 10.0. The fourth-order valence-corrected chi connectivity index (χ4v) is 2.60. The summed E-state index contributed by atoms with van der Waals surface area (Å²) in [5.74, 6) is 1.44. The minimum atomic E-state index is -0.147. The van der Waals surface area contributed by atoms with Crippen LogP contribution in [0.4, 0.5) is 5.82 Å². The van der Waals surface area contributed by atoms with Crippen molar-refractivity contribution in [3.8, 4) is 5.75 Å². The third kappa shape index (κ3) is 2.16. The standard InChI is InChI=1S/C14H16ClN3O/c1-14(2)6-9-4-3-5-10(12(9)19-14)8-18-13(16)11(15)7-17-18/h3-5,7H,6,8,16H2,1-2H3. The predicted octanol–water partition coefficient (Wildman–Crippen LogP) is 2.88. The normalized spacial score (nSPS) is 16.2. The number of anilines is 1. The number of fused-ring (bicyclic) bond motifs is 1. The number of benzene rings is 1. The van der Waals surface area contributed by atoms with Crippen LogP contribution in [0.25, 0.3) is 0 Å². The maximum atomic E-state index is 6.03. The number of rotatable bonds is 2. The van der Waals surface area contributed by atoms with E-state index in [9.17, 15) is 0 Å². The van der Waals surface area contributed by atoms with Gasteiger partial charge in [-0.1, -0.05) is 29.8 Å². The van der Waals surface area contributed by atoms with Crippen molar-refractivity contribution in [2.45, 2.75) is 32.4 Å². The molecule has 0 saturated heterocycles. The first-order chi connectivity index (χ1) is 8.96. The molecule has 0 bridgehead atoms. The second-order valence-corrected chi connectivity index (χ2v) is 5.89. The van der Waals surface area contributed by atoms with E-state index in [2.05, 4.69) is 25.0 Å². The molecule has 0 atom stereocenters. The van der Waals surface area contributed by atoms with Crippen molar-refractivity contribution in [2.75, 3.05) is 5.73 Å². The first-order valence-corrected chi connectivity index (χ1v) is 6.61. The van der Waals surface area contributed by atoms with Gasteiger partial charge in [0.05, 0.1) is 12.7 Å². The van der Waals surface area contributed by atoms with Gasteiger partial charge in [-0.15, -0.1) is 0 Å². The monoisotopic (exact) mass is 277 g/mol. The number of aromatic nitrogens is 2. The van der Waals surface area contributed by atoms with Crippen LogP contribution in [-0.4, -0.2) is 15.4 Å². The van der Waals surface area contributed by atoms with Gasteiger partial charge in [0.1, 0.15) is 22.2 Å². The molecule has 5 heteroatoms. The molecule has 0 aliphatic carbocycles. The molecule has 0 unspecified atom stereocenters. The van der Waals surface area contributed by atoms with Crippen molar-refractivity contribution < 1.29 is 4.74 Å². The lowest BCUT2D eigenvalue weighted by molar-refractivity contribution is 0.137. The fourth-order valence-electron chi connectivity index (χ4n) is 2.46. The highest BCUT2D eigenvalue weighted by Crippen LogP contribution is 2.38. The molecule has 2 heterocycles. The molecule has 0 spiro atoms. The fraction of sp³-hybridized carbons (Fsp3) is 0.357. The minimum Gasteiger partial charge on any atom is -0.487 e.